The summed E-state index contributed by atoms with van der Waals surface area (Å²) >= 11 is 0. The molecule has 2 rings (SSSR count). The number of nitrogens with zero attached hydrogens (tertiary/aromatic N) is 1. The molecule has 0 saturated carbocycles. The van der Waals surface area contributed by atoms with Crippen LogP contribution in [0.5, 0.6) is 11.5 Å². The van der Waals surface area contributed by atoms with Crippen LogP contribution < -0.4 is 21.9 Å². The summed E-state index contributed by atoms with van der Waals surface area (Å²) < 4.78 is 5.54. The van der Waals surface area contributed by atoms with E-state index in [-0.39, 0.29) is 5.82 Å². The first-order valence-electron chi connectivity index (χ1n) is 4.70. The van der Waals surface area contributed by atoms with Gasteiger partial charge in [-0.15, -0.1) is 0 Å². The van der Waals surface area contributed by atoms with E-state index in [0.717, 1.165) is 0 Å². The monoisotopic (exact) mass is 216 g/mol. The topological polar surface area (TPSA) is 100 Å². The van der Waals surface area contributed by atoms with Gasteiger partial charge >= 0.3 is 0 Å². The van der Waals surface area contributed by atoms with E-state index in [1.807, 2.05) is 0 Å². The van der Waals surface area contributed by atoms with E-state index in [1.165, 1.54) is 0 Å². The quantitative estimate of drug-likeness (QED) is 0.662. The van der Waals surface area contributed by atoms with Crippen molar-refractivity contribution < 1.29 is 4.74 Å². The summed E-state index contributed by atoms with van der Waals surface area (Å²) in [5.74, 6) is 1.39. The molecule has 0 radical (unpaired) electrons. The average molecular weight is 216 g/mol. The first kappa shape index (κ1) is 10.1. The number of anilines is 3. The van der Waals surface area contributed by atoms with Crippen LogP contribution in [-0.2, 0) is 0 Å². The summed E-state index contributed by atoms with van der Waals surface area (Å²) in [5, 5.41) is 0. The van der Waals surface area contributed by atoms with E-state index < -0.39 is 0 Å². The lowest BCUT2D eigenvalue weighted by atomic mass is 10.3. The minimum Gasteiger partial charge on any atom is -0.455 e. The van der Waals surface area contributed by atoms with Crippen LogP contribution in [0.1, 0.15) is 0 Å². The Labute approximate surface area is 92.8 Å². The normalized spacial score (nSPS) is 10.0. The SMILES string of the molecule is Nc1ccc(Oc2ccnc(N)c2N)cc1. The Kier molecular flexibility index (Phi) is 2.51. The van der Waals surface area contributed by atoms with Crippen molar-refractivity contribution in [2.75, 3.05) is 17.2 Å². The molecule has 0 aliphatic rings. The van der Waals surface area contributed by atoms with Gasteiger partial charge in [-0.1, -0.05) is 0 Å². The van der Waals surface area contributed by atoms with E-state index in [2.05, 4.69) is 4.98 Å². The van der Waals surface area contributed by atoms with Gasteiger partial charge in [0.25, 0.3) is 0 Å². The van der Waals surface area contributed by atoms with Crippen LogP contribution in [0.2, 0.25) is 0 Å². The van der Waals surface area contributed by atoms with Crippen LogP contribution in [0.15, 0.2) is 36.5 Å². The highest BCUT2D eigenvalue weighted by Gasteiger charge is 2.05. The fraction of sp³-hybridized carbons (Fsp3) is 0. The van der Waals surface area contributed by atoms with Crippen molar-refractivity contribution in [2.24, 2.45) is 0 Å². The minimum atomic E-state index is 0.257. The van der Waals surface area contributed by atoms with Crippen LogP contribution in [0.4, 0.5) is 17.2 Å². The molecule has 0 spiro atoms. The number of hydrogen-bond donors (Lipinski definition) is 3. The Morgan fingerprint density at radius 3 is 2.31 bits per heavy atom. The molecule has 5 heteroatoms. The zero-order valence-electron chi connectivity index (χ0n) is 8.55. The van der Waals surface area contributed by atoms with E-state index in [9.17, 15) is 0 Å². The molecule has 0 amide bonds. The van der Waals surface area contributed by atoms with Crippen LogP contribution in [0, 0.1) is 0 Å². The van der Waals surface area contributed by atoms with Crippen LogP contribution in [0.3, 0.4) is 0 Å². The third-order valence-corrected chi connectivity index (χ3v) is 2.09. The lowest BCUT2D eigenvalue weighted by Gasteiger charge is -2.09. The molecule has 0 aliphatic carbocycles. The number of benzene rings is 1. The highest BCUT2D eigenvalue weighted by Crippen LogP contribution is 2.29. The molecule has 0 saturated heterocycles. The van der Waals surface area contributed by atoms with E-state index in [1.54, 1.807) is 36.5 Å². The summed E-state index contributed by atoms with van der Waals surface area (Å²) in [7, 11) is 0. The van der Waals surface area contributed by atoms with Crippen LogP contribution in [-0.4, -0.2) is 4.98 Å². The van der Waals surface area contributed by atoms with Crippen molar-refractivity contribution in [1.82, 2.24) is 4.98 Å². The highest BCUT2D eigenvalue weighted by molar-refractivity contribution is 5.67. The highest BCUT2D eigenvalue weighted by atomic mass is 16.5. The maximum absolute atomic E-state index is 5.72. The molecular formula is C11H12N4O. The van der Waals surface area contributed by atoms with E-state index >= 15 is 0 Å². The van der Waals surface area contributed by atoms with Gasteiger partial charge in [0, 0.05) is 18.0 Å². The largest absolute Gasteiger partial charge is 0.455 e. The predicted molar refractivity (Wildman–Crippen MR) is 64.0 cm³/mol. The molecule has 0 bridgehead atoms. The number of ether oxygens (including phenoxy) is 1. The van der Waals surface area contributed by atoms with E-state index in [0.29, 0.717) is 22.9 Å². The van der Waals surface area contributed by atoms with Gasteiger partial charge in [0.05, 0.1) is 0 Å². The number of aromatic nitrogens is 1. The molecule has 82 valence electrons. The lowest BCUT2D eigenvalue weighted by molar-refractivity contribution is 0.485. The standard InChI is InChI=1S/C11H12N4O/c12-7-1-3-8(4-2-7)16-9-5-6-15-11(14)10(9)13/h1-6H,12-13H2,(H2,14,15). The third-order valence-electron chi connectivity index (χ3n) is 2.09. The first-order valence-corrected chi connectivity index (χ1v) is 4.70. The van der Waals surface area contributed by atoms with Gasteiger partial charge in [-0.05, 0) is 24.3 Å². The summed E-state index contributed by atoms with van der Waals surface area (Å²) in [6, 6.07) is 8.66. The van der Waals surface area contributed by atoms with Crippen molar-refractivity contribution in [1.29, 1.82) is 0 Å². The number of pyridine rings is 1. The molecule has 0 fully saturated rings. The van der Waals surface area contributed by atoms with Crippen molar-refractivity contribution in [3.05, 3.63) is 36.5 Å². The van der Waals surface area contributed by atoms with Crippen molar-refractivity contribution in [2.45, 2.75) is 0 Å². The summed E-state index contributed by atoms with van der Waals surface area (Å²) in [5.41, 5.74) is 17.9. The maximum atomic E-state index is 5.72. The molecule has 0 atom stereocenters. The molecule has 1 aromatic carbocycles. The van der Waals surface area contributed by atoms with Crippen molar-refractivity contribution >= 4 is 17.2 Å². The third kappa shape index (κ3) is 1.98. The van der Waals surface area contributed by atoms with Gasteiger partial charge in [0.2, 0.25) is 0 Å². The Morgan fingerprint density at radius 1 is 0.938 bits per heavy atom. The number of hydrogen-bond acceptors (Lipinski definition) is 5. The number of rotatable bonds is 2. The van der Waals surface area contributed by atoms with Crippen molar-refractivity contribution in [3.8, 4) is 11.5 Å². The average Bonchev–Trinajstić information content (AvgIpc) is 2.28. The molecule has 16 heavy (non-hydrogen) atoms. The number of nitrogen functional groups attached to an aromatic ring is 3. The Hall–Kier alpha value is -2.43. The Bertz CT molecular complexity index is 496. The Morgan fingerprint density at radius 2 is 1.62 bits per heavy atom. The lowest BCUT2D eigenvalue weighted by Crippen LogP contribution is -1.99. The summed E-state index contributed by atoms with van der Waals surface area (Å²) in [4.78, 5) is 3.85. The predicted octanol–water partition coefficient (Wildman–Crippen LogP) is 1.62. The molecule has 2 aromatic rings. The molecule has 1 aromatic heterocycles. The molecule has 5 nitrogen and oxygen atoms in total. The Balaban J connectivity index is 2.27. The fourth-order valence-corrected chi connectivity index (χ4v) is 1.22. The van der Waals surface area contributed by atoms with Crippen LogP contribution in [0.25, 0.3) is 0 Å². The molecule has 0 unspecified atom stereocenters. The van der Waals surface area contributed by atoms with Gasteiger partial charge in [-0.3, -0.25) is 0 Å². The van der Waals surface area contributed by atoms with Crippen LogP contribution >= 0.6 is 0 Å². The summed E-state index contributed by atoms with van der Waals surface area (Å²) in [6.07, 6.45) is 1.54. The first-order chi connectivity index (χ1) is 7.66. The van der Waals surface area contributed by atoms with Gasteiger partial charge in [0.1, 0.15) is 17.3 Å². The van der Waals surface area contributed by atoms with E-state index in [4.69, 9.17) is 21.9 Å². The zero-order valence-corrected chi connectivity index (χ0v) is 8.55. The second-order valence-corrected chi connectivity index (χ2v) is 3.28. The molecule has 6 N–H and O–H groups in total. The van der Waals surface area contributed by atoms with Crippen molar-refractivity contribution in [3.63, 3.8) is 0 Å². The zero-order chi connectivity index (χ0) is 11.5. The maximum Gasteiger partial charge on any atom is 0.155 e. The summed E-state index contributed by atoms with van der Waals surface area (Å²) in [6.45, 7) is 0. The molecule has 0 aliphatic heterocycles. The second-order valence-electron chi connectivity index (χ2n) is 3.28. The van der Waals surface area contributed by atoms with Gasteiger partial charge in [0.15, 0.2) is 5.75 Å². The minimum absolute atomic E-state index is 0.257. The second kappa shape index (κ2) is 3.98. The molecular weight excluding hydrogens is 204 g/mol. The van der Waals surface area contributed by atoms with Gasteiger partial charge in [-0.25, -0.2) is 4.98 Å². The van der Waals surface area contributed by atoms with Gasteiger partial charge < -0.3 is 21.9 Å². The smallest absolute Gasteiger partial charge is 0.155 e. The number of nitrogens with two attached hydrogens (primary N) is 3. The fourth-order valence-electron chi connectivity index (χ4n) is 1.22. The molecule has 1 heterocycles. The van der Waals surface area contributed by atoms with Gasteiger partial charge in [-0.2, -0.15) is 0 Å².